The van der Waals surface area contributed by atoms with Crippen molar-refractivity contribution in [3.8, 4) is 0 Å². The maximum Gasteiger partial charge on any atom is 0.221 e. The zero-order valence-electron chi connectivity index (χ0n) is 12.5. The smallest absolute Gasteiger partial charge is 0.221 e. The zero-order valence-corrected chi connectivity index (χ0v) is 13.3. The molecule has 0 aromatic rings. The van der Waals surface area contributed by atoms with Crippen LogP contribution in [0.2, 0.25) is 0 Å². The van der Waals surface area contributed by atoms with E-state index < -0.39 is 15.6 Å². The highest BCUT2D eigenvalue weighted by atomic mass is 32.2. The first-order valence-corrected chi connectivity index (χ1v) is 8.17. The average molecular weight is 294 g/mol. The molecule has 0 unspecified atom stereocenters. The minimum Gasteiger partial charge on any atom is -0.385 e. The third-order valence-electron chi connectivity index (χ3n) is 2.54. The van der Waals surface area contributed by atoms with Gasteiger partial charge in [0.2, 0.25) is 15.9 Å². The van der Waals surface area contributed by atoms with Crippen LogP contribution in [0.5, 0.6) is 0 Å². The number of sulfonamides is 1. The van der Waals surface area contributed by atoms with E-state index in [1.165, 1.54) is 4.31 Å². The van der Waals surface area contributed by atoms with E-state index in [2.05, 4.69) is 5.32 Å². The number of nitrogens with one attached hydrogen (secondary N) is 1. The van der Waals surface area contributed by atoms with Crippen molar-refractivity contribution < 1.29 is 17.9 Å². The lowest BCUT2D eigenvalue weighted by molar-refractivity contribution is -0.121. The number of methoxy groups -OCH3 is 1. The van der Waals surface area contributed by atoms with Crippen LogP contribution in [0.3, 0.4) is 0 Å². The number of rotatable bonds is 8. The molecule has 114 valence electrons. The van der Waals surface area contributed by atoms with E-state index in [-0.39, 0.29) is 18.9 Å². The summed E-state index contributed by atoms with van der Waals surface area (Å²) in [5, 5.41) is 2.74. The molecule has 0 aliphatic carbocycles. The lowest BCUT2D eigenvalue weighted by Gasteiger charge is -2.33. The van der Waals surface area contributed by atoms with E-state index in [1.807, 2.05) is 20.8 Å². The number of hydrogen-bond donors (Lipinski definition) is 1. The third kappa shape index (κ3) is 8.18. The summed E-state index contributed by atoms with van der Waals surface area (Å²) in [7, 11) is -1.71. The van der Waals surface area contributed by atoms with Crippen molar-refractivity contribution in [2.75, 3.05) is 33.1 Å². The van der Waals surface area contributed by atoms with Gasteiger partial charge in [-0.25, -0.2) is 8.42 Å². The second-order valence-corrected chi connectivity index (χ2v) is 7.36. The van der Waals surface area contributed by atoms with Crippen molar-refractivity contribution in [1.82, 2.24) is 9.62 Å². The van der Waals surface area contributed by atoms with Gasteiger partial charge in [-0.2, -0.15) is 4.31 Å². The highest BCUT2D eigenvalue weighted by molar-refractivity contribution is 7.88. The van der Waals surface area contributed by atoms with Gasteiger partial charge in [0.05, 0.1) is 6.26 Å². The van der Waals surface area contributed by atoms with E-state index in [4.69, 9.17) is 4.74 Å². The van der Waals surface area contributed by atoms with Gasteiger partial charge in [-0.3, -0.25) is 4.79 Å². The fourth-order valence-electron chi connectivity index (χ4n) is 1.73. The van der Waals surface area contributed by atoms with Crippen molar-refractivity contribution in [2.45, 2.75) is 39.2 Å². The van der Waals surface area contributed by atoms with E-state index in [9.17, 15) is 13.2 Å². The van der Waals surface area contributed by atoms with Gasteiger partial charge in [-0.05, 0) is 27.2 Å². The Balaban J connectivity index is 4.24. The first-order chi connectivity index (χ1) is 8.59. The molecule has 0 aromatic heterocycles. The van der Waals surface area contributed by atoms with Crippen LogP contribution in [-0.2, 0) is 19.6 Å². The van der Waals surface area contributed by atoms with Gasteiger partial charge in [-0.1, -0.05) is 0 Å². The Morgan fingerprint density at radius 1 is 1.32 bits per heavy atom. The van der Waals surface area contributed by atoms with Crippen LogP contribution in [0.15, 0.2) is 0 Å². The topological polar surface area (TPSA) is 75.7 Å². The Bertz CT molecular complexity index is 374. The summed E-state index contributed by atoms with van der Waals surface area (Å²) in [6, 6.07) is 0. The molecular weight excluding hydrogens is 268 g/mol. The highest BCUT2D eigenvalue weighted by Crippen LogP contribution is 2.17. The molecule has 0 atom stereocenters. The van der Waals surface area contributed by atoms with Crippen molar-refractivity contribution in [1.29, 1.82) is 0 Å². The third-order valence-corrected chi connectivity index (χ3v) is 4.07. The van der Waals surface area contributed by atoms with Crippen LogP contribution >= 0.6 is 0 Å². The van der Waals surface area contributed by atoms with Gasteiger partial charge in [0.1, 0.15) is 0 Å². The molecule has 7 heteroatoms. The van der Waals surface area contributed by atoms with E-state index in [0.29, 0.717) is 13.2 Å². The molecule has 0 spiro atoms. The Morgan fingerprint density at radius 2 is 1.89 bits per heavy atom. The number of carbonyl (C=O) groups is 1. The molecule has 0 heterocycles. The average Bonchev–Trinajstić information content (AvgIpc) is 2.20. The van der Waals surface area contributed by atoms with Crippen LogP contribution < -0.4 is 5.32 Å². The Morgan fingerprint density at radius 3 is 2.32 bits per heavy atom. The number of nitrogens with zero attached hydrogens (tertiary/aromatic N) is 1. The molecule has 0 aliphatic rings. The quantitative estimate of drug-likeness (QED) is 0.665. The lowest BCUT2D eigenvalue weighted by Crippen LogP contribution is -2.46. The molecule has 1 N–H and O–H groups in total. The minimum absolute atomic E-state index is 0.144. The second-order valence-electron chi connectivity index (χ2n) is 5.45. The van der Waals surface area contributed by atoms with Crippen molar-refractivity contribution in [3.05, 3.63) is 0 Å². The molecule has 19 heavy (non-hydrogen) atoms. The first-order valence-electron chi connectivity index (χ1n) is 6.32. The summed E-state index contributed by atoms with van der Waals surface area (Å²) in [6.45, 7) is 6.76. The fourth-order valence-corrected chi connectivity index (χ4v) is 3.15. The number of carbonyl (C=O) groups excluding carboxylic acids is 1. The Labute approximate surface area is 116 Å². The van der Waals surface area contributed by atoms with Gasteiger partial charge in [-0.15, -0.1) is 0 Å². The maximum atomic E-state index is 11.7. The maximum absolute atomic E-state index is 11.7. The molecule has 0 radical (unpaired) electrons. The molecular formula is C12H26N2O4S. The fraction of sp³-hybridized carbons (Fsp3) is 0.917. The molecule has 0 bridgehead atoms. The molecule has 0 saturated carbocycles. The summed E-state index contributed by atoms with van der Waals surface area (Å²) in [5.74, 6) is -0.144. The van der Waals surface area contributed by atoms with Gasteiger partial charge < -0.3 is 10.1 Å². The molecule has 0 aliphatic heterocycles. The van der Waals surface area contributed by atoms with Gasteiger partial charge in [0.25, 0.3) is 0 Å². The molecule has 0 saturated heterocycles. The van der Waals surface area contributed by atoms with Gasteiger partial charge >= 0.3 is 0 Å². The summed E-state index contributed by atoms with van der Waals surface area (Å²) in [6.07, 6.45) is 2.07. The van der Waals surface area contributed by atoms with E-state index in [1.54, 1.807) is 7.11 Å². The molecule has 1 amide bonds. The SMILES string of the molecule is COCCCNC(=O)CCN(C(C)(C)C)S(C)(=O)=O. The van der Waals surface area contributed by atoms with Crippen LogP contribution in [0, 0.1) is 0 Å². The Hall–Kier alpha value is -0.660. The predicted octanol–water partition coefficient (Wildman–Crippen LogP) is 0.589. The van der Waals surface area contributed by atoms with Crippen LogP contribution in [-0.4, -0.2) is 57.2 Å². The zero-order chi connectivity index (χ0) is 15.1. The summed E-state index contributed by atoms with van der Waals surface area (Å²) >= 11 is 0. The lowest BCUT2D eigenvalue weighted by atomic mass is 10.1. The van der Waals surface area contributed by atoms with Crippen LogP contribution in [0.1, 0.15) is 33.6 Å². The normalized spacial score (nSPS) is 12.7. The van der Waals surface area contributed by atoms with Crippen molar-refractivity contribution in [2.24, 2.45) is 0 Å². The van der Waals surface area contributed by atoms with Gasteiger partial charge in [0, 0.05) is 38.8 Å². The monoisotopic (exact) mass is 294 g/mol. The number of amides is 1. The van der Waals surface area contributed by atoms with E-state index >= 15 is 0 Å². The summed E-state index contributed by atoms with van der Waals surface area (Å²) in [5.41, 5.74) is -0.524. The first kappa shape index (κ1) is 18.3. The largest absolute Gasteiger partial charge is 0.385 e. The molecule has 0 rings (SSSR count). The predicted molar refractivity (Wildman–Crippen MR) is 75.4 cm³/mol. The molecule has 0 fully saturated rings. The second kappa shape index (κ2) is 7.81. The minimum atomic E-state index is -3.31. The summed E-state index contributed by atoms with van der Waals surface area (Å²) < 4.78 is 29.5. The van der Waals surface area contributed by atoms with Crippen LogP contribution in [0.25, 0.3) is 0 Å². The number of hydrogen-bond acceptors (Lipinski definition) is 4. The number of ether oxygens (including phenoxy) is 1. The van der Waals surface area contributed by atoms with E-state index in [0.717, 1.165) is 12.7 Å². The van der Waals surface area contributed by atoms with Crippen LogP contribution in [0.4, 0.5) is 0 Å². The standard InChI is InChI=1S/C12H26N2O4S/c1-12(2,3)14(19(5,16)17)9-7-11(15)13-8-6-10-18-4/h6-10H2,1-5H3,(H,13,15). The Kier molecular flexibility index (Phi) is 7.54. The molecule has 6 nitrogen and oxygen atoms in total. The van der Waals surface area contributed by atoms with Gasteiger partial charge in [0.15, 0.2) is 0 Å². The van der Waals surface area contributed by atoms with Crippen molar-refractivity contribution in [3.63, 3.8) is 0 Å². The highest BCUT2D eigenvalue weighted by Gasteiger charge is 2.29. The molecule has 0 aromatic carbocycles. The van der Waals surface area contributed by atoms with Crippen molar-refractivity contribution >= 4 is 15.9 Å². The summed E-state index contributed by atoms with van der Waals surface area (Å²) in [4.78, 5) is 11.6.